The van der Waals surface area contributed by atoms with E-state index in [2.05, 4.69) is 10.3 Å². The van der Waals surface area contributed by atoms with Gasteiger partial charge in [-0.1, -0.05) is 25.3 Å². The Morgan fingerprint density at radius 1 is 0.886 bits per heavy atom. The van der Waals surface area contributed by atoms with Crippen LogP contribution in [0.25, 0.3) is 10.9 Å². The molecular formula is C26H27N3O6. The van der Waals surface area contributed by atoms with Gasteiger partial charge in [0.2, 0.25) is 13.6 Å². The van der Waals surface area contributed by atoms with Crippen molar-refractivity contribution < 1.29 is 23.7 Å². The number of hydrogen-bond donors (Lipinski definition) is 2. The fourth-order valence-electron chi connectivity index (χ4n) is 4.94. The number of rotatable bonds is 5. The van der Waals surface area contributed by atoms with Crippen LogP contribution in [0.5, 0.6) is 23.0 Å². The Morgan fingerprint density at radius 2 is 1.60 bits per heavy atom. The van der Waals surface area contributed by atoms with E-state index in [0.717, 1.165) is 36.6 Å². The lowest BCUT2D eigenvalue weighted by Gasteiger charge is -2.28. The minimum absolute atomic E-state index is 0.158. The number of benzene rings is 2. The monoisotopic (exact) mass is 477 g/mol. The number of aromatic amines is 1. The zero-order valence-electron chi connectivity index (χ0n) is 19.3. The highest BCUT2D eigenvalue weighted by atomic mass is 16.7. The Balaban J connectivity index is 1.29. The summed E-state index contributed by atoms with van der Waals surface area (Å²) in [6.45, 7) is 0.837. The number of hydrogen-bond acceptors (Lipinski definition) is 6. The molecule has 1 fully saturated rings. The van der Waals surface area contributed by atoms with Crippen LogP contribution in [0.4, 0.5) is 4.79 Å². The molecule has 3 aliphatic rings. The van der Waals surface area contributed by atoms with Crippen molar-refractivity contribution in [3.8, 4) is 23.0 Å². The van der Waals surface area contributed by atoms with Gasteiger partial charge < -0.3 is 34.1 Å². The van der Waals surface area contributed by atoms with Crippen molar-refractivity contribution in [3.63, 3.8) is 0 Å². The molecule has 0 spiro atoms. The van der Waals surface area contributed by atoms with Crippen LogP contribution < -0.4 is 29.8 Å². The SMILES string of the molecule is O=C(NC1CCCCC1)N(Cc1ccc2c(c1)OCO2)Cc1cc2cc3c(cc2[nH]c1=O)OCO3. The van der Waals surface area contributed by atoms with Gasteiger partial charge in [0, 0.05) is 29.6 Å². The lowest BCUT2D eigenvalue weighted by atomic mass is 9.96. The number of carbonyl (C=O) groups is 1. The molecule has 182 valence electrons. The smallest absolute Gasteiger partial charge is 0.318 e. The van der Waals surface area contributed by atoms with Crippen molar-refractivity contribution in [3.05, 3.63) is 57.9 Å². The average molecular weight is 478 g/mol. The van der Waals surface area contributed by atoms with Crippen molar-refractivity contribution >= 4 is 16.9 Å². The quantitative estimate of drug-likeness (QED) is 0.575. The molecule has 0 unspecified atom stereocenters. The van der Waals surface area contributed by atoms with E-state index in [4.69, 9.17) is 18.9 Å². The molecule has 35 heavy (non-hydrogen) atoms. The molecule has 0 atom stereocenters. The summed E-state index contributed by atoms with van der Waals surface area (Å²) in [7, 11) is 0. The van der Waals surface area contributed by atoms with Gasteiger partial charge in [0.1, 0.15) is 0 Å². The molecule has 9 nitrogen and oxygen atoms in total. The largest absolute Gasteiger partial charge is 0.454 e. The molecule has 9 heteroatoms. The fourth-order valence-corrected chi connectivity index (χ4v) is 4.94. The Bertz CT molecular complexity index is 1330. The Hall–Kier alpha value is -3.88. The van der Waals surface area contributed by atoms with Crippen molar-refractivity contribution in [2.45, 2.75) is 51.2 Å². The van der Waals surface area contributed by atoms with Gasteiger partial charge in [0.15, 0.2) is 23.0 Å². The number of ether oxygens (including phenoxy) is 4. The van der Waals surface area contributed by atoms with E-state index in [1.807, 2.05) is 30.3 Å². The molecule has 3 aromatic rings. The number of urea groups is 1. The van der Waals surface area contributed by atoms with Gasteiger partial charge >= 0.3 is 6.03 Å². The lowest BCUT2D eigenvalue weighted by Crippen LogP contribution is -2.45. The predicted molar refractivity (Wildman–Crippen MR) is 128 cm³/mol. The molecule has 2 aromatic carbocycles. The number of fused-ring (bicyclic) bond motifs is 3. The third-order valence-electron chi connectivity index (χ3n) is 6.81. The van der Waals surface area contributed by atoms with Crippen LogP contribution in [0, 0.1) is 0 Å². The van der Waals surface area contributed by atoms with E-state index in [9.17, 15) is 9.59 Å². The highest BCUT2D eigenvalue weighted by molar-refractivity contribution is 5.83. The Labute approximate surface area is 201 Å². The second-order valence-electron chi connectivity index (χ2n) is 9.24. The third-order valence-corrected chi connectivity index (χ3v) is 6.81. The Kier molecular flexibility index (Phi) is 5.60. The highest BCUT2D eigenvalue weighted by Crippen LogP contribution is 2.35. The van der Waals surface area contributed by atoms with E-state index in [0.29, 0.717) is 40.6 Å². The molecular weight excluding hydrogens is 450 g/mol. The van der Waals surface area contributed by atoms with Crippen LogP contribution in [0.15, 0.2) is 41.2 Å². The van der Waals surface area contributed by atoms with E-state index >= 15 is 0 Å². The summed E-state index contributed by atoms with van der Waals surface area (Å²) in [5, 5.41) is 4.00. The van der Waals surface area contributed by atoms with E-state index < -0.39 is 0 Å². The number of nitrogens with zero attached hydrogens (tertiary/aromatic N) is 1. The van der Waals surface area contributed by atoms with Crippen molar-refractivity contribution in [2.75, 3.05) is 13.6 Å². The average Bonchev–Trinajstić information content (AvgIpc) is 3.52. The van der Waals surface area contributed by atoms with E-state index in [1.165, 1.54) is 6.42 Å². The molecule has 2 N–H and O–H groups in total. The summed E-state index contributed by atoms with van der Waals surface area (Å²) in [4.78, 5) is 31.0. The molecule has 3 heterocycles. The maximum atomic E-state index is 13.4. The van der Waals surface area contributed by atoms with Gasteiger partial charge in [-0.3, -0.25) is 4.79 Å². The van der Waals surface area contributed by atoms with Gasteiger partial charge in [-0.05, 0) is 42.7 Å². The first kappa shape index (κ1) is 21.6. The summed E-state index contributed by atoms with van der Waals surface area (Å²) < 4.78 is 21.8. The van der Waals surface area contributed by atoms with Gasteiger partial charge in [-0.2, -0.15) is 0 Å². The van der Waals surface area contributed by atoms with Gasteiger partial charge in [-0.25, -0.2) is 4.79 Å². The topological polar surface area (TPSA) is 102 Å². The minimum Gasteiger partial charge on any atom is -0.454 e. The van der Waals surface area contributed by atoms with Crippen LogP contribution in [0.1, 0.15) is 43.2 Å². The molecule has 0 bridgehead atoms. The molecule has 1 aliphatic carbocycles. The third kappa shape index (κ3) is 4.45. The van der Waals surface area contributed by atoms with Crippen molar-refractivity contribution in [2.24, 2.45) is 0 Å². The van der Waals surface area contributed by atoms with Crippen LogP contribution >= 0.6 is 0 Å². The predicted octanol–water partition coefficient (Wildman–Crippen LogP) is 4.03. The zero-order valence-corrected chi connectivity index (χ0v) is 19.3. The minimum atomic E-state index is -0.238. The van der Waals surface area contributed by atoms with Crippen LogP contribution in [0.3, 0.4) is 0 Å². The van der Waals surface area contributed by atoms with Crippen molar-refractivity contribution in [1.82, 2.24) is 15.2 Å². The first-order valence-corrected chi connectivity index (χ1v) is 12.0. The summed E-state index contributed by atoms with van der Waals surface area (Å²) in [5.41, 5.74) is 1.82. The fraction of sp³-hybridized carbons (Fsp3) is 0.385. The number of aromatic nitrogens is 1. The van der Waals surface area contributed by atoms with Crippen LogP contribution in [-0.4, -0.2) is 35.5 Å². The number of nitrogens with one attached hydrogen (secondary N) is 2. The maximum Gasteiger partial charge on any atom is 0.318 e. The van der Waals surface area contributed by atoms with E-state index in [-0.39, 0.29) is 37.8 Å². The molecule has 2 amide bonds. The summed E-state index contributed by atoms with van der Waals surface area (Å²) in [6, 6.07) is 11.1. The van der Waals surface area contributed by atoms with E-state index in [1.54, 1.807) is 11.0 Å². The molecule has 1 aromatic heterocycles. The molecule has 0 saturated heterocycles. The van der Waals surface area contributed by atoms with Gasteiger partial charge in [0.05, 0.1) is 12.1 Å². The normalized spacial score (nSPS) is 16.5. The van der Waals surface area contributed by atoms with Crippen LogP contribution in [-0.2, 0) is 13.1 Å². The standard InChI is InChI=1S/C26H27N3O6/c30-25-18(9-17-10-23-24(35-15-34-23)11-20(17)28-25)13-29(26(31)27-19-4-2-1-3-5-19)12-16-6-7-21-22(8-16)33-14-32-21/h6-11,19H,1-5,12-15H2,(H,27,31)(H,28,30). The summed E-state index contributed by atoms with van der Waals surface area (Å²) in [6.07, 6.45) is 5.40. The number of amides is 2. The Morgan fingerprint density at radius 3 is 2.40 bits per heavy atom. The second-order valence-corrected chi connectivity index (χ2v) is 9.24. The maximum absolute atomic E-state index is 13.4. The second kappa shape index (κ2) is 9.05. The van der Waals surface area contributed by atoms with Gasteiger partial charge in [-0.15, -0.1) is 0 Å². The molecule has 1 saturated carbocycles. The molecule has 2 aliphatic heterocycles. The lowest BCUT2D eigenvalue weighted by molar-refractivity contribution is 0.173. The number of pyridine rings is 1. The molecule has 0 radical (unpaired) electrons. The van der Waals surface area contributed by atoms with Crippen molar-refractivity contribution in [1.29, 1.82) is 0 Å². The molecule has 6 rings (SSSR count). The zero-order chi connectivity index (χ0) is 23.8. The first-order chi connectivity index (χ1) is 17.1. The van der Waals surface area contributed by atoms with Gasteiger partial charge in [0.25, 0.3) is 5.56 Å². The number of carbonyl (C=O) groups excluding carboxylic acids is 1. The summed E-state index contributed by atoms with van der Waals surface area (Å²) in [5.74, 6) is 2.60. The van der Waals surface area contributed by atoms with Crippen LogP contribution in [0.2, 0.25) is 0 Å². The highest BCUT2D eigenvalue weighted by Gasteiger charge is 2.23. The number of H-pyrrole nitrogens is 1. The summed E-state index contributed by atoms with van der Waals surface area (Å²) >= 11 is 0. The first-order valence-electron chi connectivity index (χ1n) is 12.0.